The van der Waals surface area contributed by atoms with Gasteiger partial charge in [-0.15, -0.1) is 0 Å². The molecule has 4 rings (SSSR count). The molecule has 4 aromatic rings. The summed E-state index contributed by atoms with van der Waals surface area (Å²) in [6.45, 7) is 2.58. The van der Waals surface area contributed by atoms with E-state index in [0.29, 0.717) is 11.7 Å². The standard InChI is InChI=1S/C25H24N4O2S/c1-18-8-7-11-20(14-18)27-23(30)16-29-22-13-6-5-12-21(22)28-25(29)32-17-24(31)26-15-19-9-3-2-4-10-19/h2-14H,15-17H2,1H3,(H,26,31)(H,27,30). The van der Waals surface area contributed by atoms with E-state index in [1.54, 1.807) is 0 Å². The number of aryl methyl sites for hydroxylation is 1. The van der Waals surface area contributed by atoms with Crippen molar-refractivity contribution >= 4 is 40.3 Å². The second-order valence-electron chi connectivity index (χ2n) is 7.44. The van der Waals surface area contributed by atoms with Crippen LogP contribution in [0.25, 0.3) is 11.0 Å². The molecule has 0 unspecified atom stereocenters. The monoisotopic (exact) mass is 444 g/mol. The van der Waals surface area contributed by atoms with Crippen molar-refractivity contribution in [1.29, 1.82) is 0 Å². The number of carbonyl (C=O) groups excluding carboxylic acids is 2. The van der Waals surface area contributed by atoms with Gasteiger partial charge < -0.3 is 15.2 Å². The highest BCUT2D eigenvalue weighted by molar-refractivity contribution is 7.99. The van der Waals surface area contributed by atoms with Gasteiger partial charge in [0, 0.05) is 12.2 Å². The van der Waals surface area contributed by atoms with E-state index in [-0.39, 0.29) is 24.1 Å². The summed E-state index contributed by atoms with van der Waals surface area (Å²) in [5.74, 6) is -0.00820. The molecule has 32 heavy (non-hydrogen) atoms. The van der Waals surface area contributed by atoms with E-state index in [0.717, 1.165) is 27.8 Å². The minimum atomic E-state index is -0.144. The highest BCUT2D eigenvalue weighted by Gasteiger charge is 2.15. The van der Waals surface area contributed by atoms with Crippen LogP contribution < -0.4 is 10.6 Å². The molecule has 0 saturated carbocycles. The summed E-state index contributed by atoms with van der Waals surface area (Å²) in [7, 11) is 0. The van der Waals surface area contributed by atoms with Crippen molar-refractivity contribution in [1.82, 2.24) is 14.9 Å². The van der Waals surface area contributed by atoms with E-state index in [1.165, 1.54) is 11.8 Å². The lowest BCUT2D eigenvalue weighted by Gasteiger charge is -2.10. The molecule has 0 aliphatic heterocycles. The Hall–Kier alpha value is -3.58. The summed E-state index contributed by atoms with van der Waals surface area (Å²) >= 11 is 1.33. The molecule has 162 valence electrons. The van der Waals surface area contributed by atoms with E-state index < -0.39 is 0 Å². The summed E-state index contributed by atoms with van der Waals surface area (Å²) in [5, 5.41) is 6.50. The van der Waals surface area contributed by atoms with Crippen molar-refractivity contribution < 1.29 is 9.59 Å². The number of rotatable bonds is 8. The number of fused-ring (bicyclic) bond motifs is 1. The van der Waals surface area contributed by atoms with Gasteiger partial charge in [-0.2, -0.15) is 0 Å². The van der Waals surface area contributed by atoms with Crippen molar-refractivity contribution in [3.05, 3.63) is 90.0 Å². The second-order valence-corrected chi connectivity index (χ2v) is 8.38. The van der Waals surface area contributed by atoms with Crippen LogP contribution in [-0.2, 0) is 22.7 Å². The molecule has 0 fully saturated rings. The van der Waals surface area contributed by atoms with Gasteiger partial charge in [0.05, 0.1) is 16.8 Å². The number of hydrogen-bond acceptors (Lipinski definition) is 4. The molecule has 0 bridgehead atoms. The molecule has 1 heterocycles. The second kappa shape index (κ2) is 10.2. The van der Waals surface area contributed by atoms with Crippen molar-refractivity contribution in [3.8, 4) is 0 Å². The summed E-state index contributed by atoms with van der Waals surface area (Å²) in [6, 6.07) is 25.1. The first-order valence-electron chi connectivity index (χ1n) is 10.3. The van der Waals surface area contributed by atoms with E-state index in [2.05, 4.69) is 15.6 Å². The number of nitrogens with one attached hydrogen (secondary N) is 2. The Labute approximate surface area is 191 Å². The number of hydrogen-bond donors (Lipinski definition) is 2. The number of para-hydroxylation sites is 2. The minimum Gasteiger partial charge on any atom is -0.351 e. The van der Waals surface area contributed by atoms with Gasteiger partial charge in [-0.3, -0.25) is 9.59 Å². The maximum Gasteiger partial charge on any atom is 0.244 e. The fourth-order valence-corrected chi connectivity index (χ4v) is 4.20. The number of benzene rings is 3. The predicted molar refractivity (Wildman–Crippen MR) is 129 cm³/mol. The first kappa shape index (κ1) is 21.6. The number of nitrogens with zero attached hydrogens (tertiary/aromatic N) is 2. The maximum atomic E-state index is 12.7. The molecule has 0 aliphatic rings. The molecule has 1 aromatic heterocycles. The van der Waals surface area contributed by atoms with Crippen molar-refractivity contribution in [2.24, 2.45) is 0 Å². The number of amides is 2. The Morgan fingerprint density at radius 1 is 0.938 bits per heavy atom. The van der Waals surface area contributed by atoms with Crippen LogP contribution in [0.2, 0.25) is 0 Å². The summed E-state index contributed by atoms with van der Waals surface area (Å²) in [5.41, 5.74) is 4.54. The van der Waals surface area contributed by atoms with Crippen LogP contribution in [0.4, 0.5) is 5.69 Å². The normalized spacial score (nSPS) is 10.8. The number of anilines is 1. The van der Waals surface area contributed by atoms with Crippen LogP contribution in [0.3, 0.4) is 0 Å². The van der Waals surface area contributed by atoms with E-state index in [9.17, 15) is 9.59 Å². The number of imidazole rings is 1. The zero-order valence-corrected chi connectivity index (χ0v) is 18.6. The molecule has 0 spiro atoms. The first-order valence-corrected chi connectivity index (χ1v) is 11.3. The number of thioether (sulfide) groups is 1. The minimum absolute atomic E-state index is 0.0818. The summed E-state index contributed by atoms with van der Waals surface area (Å²) in [4.78, 5) is 29.7. The number of carbonyl (C=O) groups is 2. The SMILES string of the molecule is Cc1cccc(NC(=O)Cn2c(SCC(=O)NCc3ccccc3)nc3ccccc32)c1. The third kappa shape index (κ3) is 5.56. The highest BCUT2D eigenvalue weighted by Crippen LogP contribution is 2.24. The summed E-state index contributed by atoms with van der Waals surface area (Å²) < 4.78 is 1.86. The highest BCUT2D eigenvalue weighted by atomic mass is 32.2. The zero-order valence-electron chi connectivity index (χ0n) is 17.7. The Bertz CT molecular complexity index is 1240. The van der Waals surface area contributed by atoms with Gasteiger partial charge in [-0.25, -0.2) is 4.98 Å². The van der Waals surface area contributed by atoms with Crippen LogP contribution in [0.15, 0.2) is 84.0 Å². The molecule has 0 radical (unpaired) electrons. The molecule has 6 nitrogen and oxygen atoms in total. The van der Waals surface area contributed by atoms with Gasteiger partial charge in [0.2, 0.25) is 11.8 Å². The lowest BCUT2D eigenvalue weighted by molar-refractivity contribution is -0.118. The van der Waals surface area contributed by atoms with Gasteiger partial charge in [-0.1, -0.05) is 66.4 Å². The fourth-order valence-electron chi connectivity index (χ4n) is 3.36. The fraction of sp³-hybridized carbons (Fsp3) is 0.160. The maximum absolute atomic E-state index is 12.7. The van der Waals surface area contributed by atoms with E-state index in [4.69, 9.17) is 0 Å². The third-order valence-corrected chi connectivity index (χ3v) is 5.86. The molecular weight excluding hydrogens is 420 g/mol. The first-order chi connectivity index (χ1) is 15.6. The topological polar surface area (TPSA) is 76.0 Å². The van der Waals surface area contributed by atoms with Gasteiger partial charge in [0.15, 0.2) is 5.16 Å². The molecule has 7 heteroatoms. The average molecular weight is 445 g/mol. The predicted octanol–water partition coefficient (Wildman–Crippen LogP) is 4.39. The molecule has 0 atom stereocenters. The smallest absolute Gasteiger partial charge is 0.244 e. The Morgan fingerprint density at radius 2 is 1.72 bits per heavy atom. The van der Waals surface area contributed by atoms with Gasteiger partial charge in [0.1, 0.15) is 6.54 Å². The van der Waals surface area contributed by atoms with Crippen molar-refractivity contribution in [2.75, 3.05) is 11.1 Å². The van der Waals surface area contributed by atoms with Gasteiger partial charge in [0.25, 0.3) is 0 Å². The molecular formula is C25H24N4O2S. The van der Waals surface area contributed by atoms with Crippen LogP contribution >= 0.6 is 11.8 Å². The van der Waals surface area contributed by atoms with Crippen LogP contribution in [0.5, 0.6) is 0 Å². The van der Waals surface area contributed by atoms with E-state index in [1.807, 2.05) is 90.4 Å². The van der Waals surface area contributed by atoms with Crippen LogP contribution in [0.1, 0.15) is 11.1 Å². The Kier molecular flexibility index (Phi) is 6.87. The number of aromatic nitrogens is 2. The largest absolute Gasteiger partial charge is 0.351 e. The third-order valence-electron chi connectivity index (χ3n) is 4.89. The van der Waals surface area contributed by atoms with Crippen molar-refractivity contribution in [2.45, 2.75) is 25.2 Å². The zero-order chi connectivity index (χ0) is 22.3. The van der Waals surface area contributed by atoms with Crippen molar-refractivity contribution in [3.63, 3.8) is 0 Å². The molecule has 0 saturated heterocycles. The van der Waals surface area contributed by atoms with Crippen LogP contribution in [-0.4, -0.2) is 27.1 Å². The Morgan fingerprint density at radius 3 is 2.53 bits per heavy atom. The Balaban J connectivity index is 1.44. The quantitative estimate of drug-likeness (QED) is 0.395. The molecule has 2 N–H and O–H groups in total. The lowest BCUT2D eigenvalue weighted by Crippen LogP contribution is -2.25. The molecule has 3 aromatic carbocycles. The molecule has 0 aliphatic carbocycles. The summed E-state index contributed by atoms with van der Waals surface area (Å²) in [6.07, 6.45) is 0. The van der Waals surface area contributed by atoms with Gasteiger partial charge in [-0.05, 0) is 42.3 Å². The molecule has 2 amide bonds. The van der Waals surface area contributed by atoms with Gasteiger partial charge >= 0.3 is 0 Å². The van der Waals surface area contributed by atoms with E-state index >= 15 is 0 Å². The van der Waals surface area contributed by atoms with Crippen LogP contribution in [0, 0.1) is 6.92 Å². The average Bonchev–Trinajstić information content (AvgIpc) is 3.14. The lowest BCUT2D eigenvalue weighted by atomic mass is 10.2.